The van der Waals surface area contributed by atoms with Crippen molar-refractivity contribution in [2.75, 3.05) is 5.32 Å². The molecule has 0 fully saturated rings. The zero-order valence-corrected chi connectivity index (χ0v) is 13.6. The summed E-state index contributed by atoms with van der Waals surface area (Å²) < 4.78 is 0. The van der Waals surface area contributed by atoms with Gasteiger partial charge >= 0.3 is 0 Å². The summed E-state index contributed by atoms with van der Waals surface area (Å²) in [5, 5.41) is 7.35. The smallest absolute Gasteiger partial charge is 0.262 e. The summed E-state index contributed by atoms with van der Waals surface area (Å²) >= 11 is 1.35. The second kappa shape index (κ2) is 7.17. The summed E-state index contributed by atoms with van der Waals surface area (Å²) in [6.45, 7) is 5.71. The number of rotatable bonds is 5. The number of carbonyl (C=O) groups is 2. The van der Waals surface area contributed by atoms with E-state index < -0.39 is 6.04 Å². The predicted octanol–water partition coefficient (Wildman–Crippen LogP) is 2.84. The van der Waals surface area contributed by atoms with E-state index in [4.69, 9.17) is 0 Å². The van der Waals surface area contributed by atoms with Gasteiger partial charge in [0.2, 0.25) is 5.91 Å². The Morgan fingerprint density at radius 2 is 2.00 bits per heavy atom. The van der Waals surface area contributed by atoms with Gasteiger partial charge in [0, 0.05) is 6.20 Å². The Balaban J connectivity index is 2.05. The van der Waals surface area contributed by atoms with Crippen LogP contribution in [0.3, 0.4) is 0 Å². The maximum atomic E-state index is 12.4. The molecule has 0 spiro atoms. The predicted molar refractivity (Wildman–Crippen MR) is 88.0 cm³/mol. The molecule has 0 radical (unpaired) electrons. The fourth-order valence-electron chi connectivity index (χ4n) is 1.90. The van der Waals surface area contributed by atoms with E-state index in [0.29, 0.717) is 10.7 Å². The van der Waals surface area contributed by atoms with Crippen molar-refractivity contribution in [2.45, 2.75) is 26.8 Å². The first-order chi connectivity index (χ1) is 10.5. The van der Waals surface area contributed by atoms with Gasteiger partial charge in [-0.3, -0.25) is 9.59 Å². The third-order valence-electron chi connectivity index (χ3n) is 3.14. The molecule has 0 aliphatic carbocycles. The first-order valence-electron chi connectivity index (χ1n) is 7.05. The highest BCUT2D eigenvalue weighted by Gasteiger charge is 2.25. The Morgan fingerprint density at radius 3 is 2.55 bits per heavy atom. The molecular weight excluding hydrogens is 298 g/mol. The van der Waals surface area contributed by atoms with Gasteiger partial charge in [-0.25, -0.2) is 4.98 Å². The SMILES string of the molecule is Cc1ccc(NC(=O)C(NC(=O)c2cccs2)C(C)C)nc1. The third kappa shape index (κ3) is 4.14. The quantitative estimate of drug-likeness (QED) is 0.891. The van der Waals surface area contributed by atoms with Gasteiger partial charge in [0.05, 0.1) is 4.88 Å². The number of thiophene rings is 1. The summed E-state index contributed by atoms with van der Waals surface area (Å²) in [6.07, 6.45) is 1.68. The molecule has 2 N–H and O–H groups in total. The lowest BCUT2D eigenvalue weighted by Crippen LogP contribution is -2.47. The van der Waals surface area contributed by atoms with Crippen LogP contribution in [0.25, 0.3) is 0 Å². The molecule has 0 aliphatic heterocycles. The van der Waals surface area contributed by atoms with Crippen molar-refractivity contribution >= 4 is 29.0 Å². The van der Waals surface area contributed by atoms with Crippen LogP contribution < -0.4 is 10.6 Å². The molecule has 1 unspecified atom stereocenters. The summed E-state index contributed by atoms with van der Waals surface area (Å²) in [4.78, 5) is 29.2. The average molecular weight is 317 g/mol. The van der Waals surface area contributed by atoms with Crippen molar-refractivity contribution in [1.82, 2.24) is 10.3 Å². The van der Waals surface area contributed by atoms with Crippen LogP contribution in [-0.2, 0) is 4.79 Å². The molecule has 1 atom stereocenters. The van der Waals surface area contributed by atoms with Crippen LogP contribution in [0.4, 0.5) is 5.82 Å². The van der Waals surface area contributed by atoms with Gasteiger partial charge in [-0.05, 0) is 35.9 Å². The first kappa shape index (κ1) is 16.2. The maximum absolute atomic E-state index is 12.4. The van der Waals surface area contributed by atoms with E-state index in [-0.39, 0.29) is 17.7 Å². The minimum absolute atomic E-state index is 0.0330. The van der Waals surface area contributed by atoms with E-state index >= 15 is 0 Å². The van der Waals surface area contributed by atoms with Crippen LogP contribution >= 0.6 is 11.3 Å². The van der Waals surface area contributed by atoms with Crippen LogP contribution in [0.2, 0.25) is 0 Å². The van der Waals surface area contributed by atoms with E-state index in [1.165, 1.54) is 11.3 Å². The Hall–Kier alpha value is -2.21. The molecule has 22 heavy (non-hydrogen) atoms. The number of hydrogen-bond donors (Lipinski definition) is 2. The van der Waals surface area contributed by atoms with Crippen LogP contribution in [0.15, 0.2) is 35.8 Å². The first-order valence-corrected chi connectivity index (χ1v) is 7.93. The number of anilines is 1. The van der Waals surface area contributed by atoms with E-state index in [0.717, 1.165) is 5.56 Å². The average Bonchev–Trinajstić information content (AvgIpc) is 3.00. The van der Waals surface area contributed by atoms with Gasteiger partial charge in [0.1, 0.15) is 11.9 Å². The molecular formula is C16H19N3O2S. The molecule has 0 saturated heterocycles. The molecule has 2 aromatic rings. The highest BCUT2D eigenvalue weighted by atomic mass is 32.1. The zero-order chi connectivity index (χ0) is 16.1. The number of carbonyl (C=O) groups excluding carboxylic acids is 2. The number of nitrogens with zero attached hydrogens (tertiary/aromatic N) is 1. The molecule has 0 bridgehead atoms. The van der Waals surface area contributed by atoms with Gasteiger partial charge in [-0.2, -0.15) is 0 Å². The molecule has 6 heteroatoms. The Morgan fingerprint density at radius 1 is 1.23 bits per heavy atom. The Labute approximate surface area is 133 Å². The topological polar surface area (TPSA) is 71.1 Å². The summed E-state index contributed by atoms with van der Waals surface area (Å²) in [6, 6.07) is 6.54. The third-order valence-corrected chi connectivity index (χ3v) is 4.01. The van der Waals surface area contributed by atoms with Gasteiger partial charge in [0.15, 0.2) is 0 Å². The number of aryl methyl sites for hydroxylation is 1. The summed E-state index contributed by atoms with van der Waals surface area (Å²) in [7, 11) is 0. The molecule has 5 nitrogen and oxygen atoms in total. The molecule has 0 aliphatic rings. The molecule has 2 heterocycles. The van der Waals surface area contributed by atoms with Crippen molar-refractivity contribution < 1.29 is 9.59 Å². The highest BCUT2D eigenvalue weighted by Crippen LogP contribution is 2.12. The van der Waals surface area contributed by atoms with Gasteiger partial charge < -0.3 is 10.6 Å². The highest BCUT2D eigenvalue weighted by molar-refractivity contribution is 7.12. The van der Waals surface area contributed by atoms with Crippen LogP contribution in [0.5, 0.6) is 0 Å². The van der Waals surface area contributed by atoms with Crippen molar-refractivity contribution in [3.05, 3.63) is 46.3 Å². The van der Waals surface area contributed by atoms with Crippen molar-refractivity contribution in [3.63, 3.8) is 0 Å². The van der Waals surface area contributed by atoms with E-state index in [1.54, 1.807) is 24.4 Å². The fraction of sp³-hybridized carbons (Fsp3) is 0.312. The lowest BCUT2D eigenvalue weighted by Gasteiger charge is -2.21. The number of aromatic nitrogens is 1. The van der Waals surface area contributed by atoms with Gasteiger partial charge in [0.25, 0.3) is 5.91 Å². The second-order valence-electron chi connectivity index (χ2n) is 5.38. The van der Waals surface area contributed by atoms with E-state index in [1.807, 2.05) is 32.2 Å². The monoisotopic (exact) mass is 317 g/mol. The number of nitrogens with one attached hydrogen (secondary N) is 2. The normalized spacial score (nSPS) is 12.0. The zero-order valence-electron chi connectivity index (χ0n) is 12.8. The molecule has 2 rings (SSSR count). The largest absolute Gasteiger partial charge is 0.339 e. The van der Waals surface area contributed by atoms with Crippen LogP contribution in [-0.4, -0.2) is 22.8 Å². The molecule has 2 amide bonds. The van der Waals surface area contributed by atoms with Gasteiger partial charge in [-0.15, -0.1) is 11.3 Å². The lowest BCUT2D eigenvalue weighted by atomic mass is 10.0. The van der Waals surface area contributed by atoms with Crippen molar-refractivity contribution in [3.8, 4) is 0 Å². The minimum atomic E-state index is -0.613. The standard InChI is InChI=1S/C16H19N3O2S/c1-10(2)14(19-15(20)12-5-4-8-22-12)16(21)18-13-7-6-11(3)9-17-13/h4-10,14H,1-3H3,(H,19,20)(H,17,18,21). The van der Waals surface area contributed by atoms with Crippen molar-refractivity contribution in [2.24, 2.45) is 5.92 Å². The lowest BCUT2D eigenvalue weighted by molar-refractivity contribution is -0.118. The molecule has 0 aromatic carbocycles. The molecule has 116 valence electrons. The van der Waals surface area contributed by atoms with Gasteiger partial charge in [-0.1, -0.05) is 26.0 Å². The Kier molecular flexibility index (Phi) is 5.27. The summed E-state index contributed by atoms with van der Waals surface area (Å²) in [5.74, 6) is -0.0574. The van der Waals surface area contributed by atoms with E-state index in [2.05, 4.69) is 15.6 Å². The van der Waals surface area contributed by atoms with Crippen LogP contribution in [0.1, 0.15) is 29.1 Å². The number of pyridine rings is 1. The number of amides is 2. The summed E-state index contributed by atoms with van der Waals surface area (Å²) in [5.41, 5.74) is 1.02. The van der Waals surface area contributed by atoms with Crippen LogP contribution in [0, 0.1) is 12.8 Å². The van der Waals surface area contributed by atoms with E-state index in [9.17, 15) is 9.59 Å². The van der Waals surface area contributed by atoms with Crippen molar-refractivity contribution in [1.29, 1.82) is 0 Å². The minimum Gasteiger partial charge on any atom is -0.339 e. The number of hydrogen-bond acceptors (Lipinski definition) is 4. The Bertz CT molecular complexity index is 636. The fourth-order valence-corrected chi connectivity index (χ4v) is 2.53. The molecule has 0 saturated carbocycles. The maximum Gasteiger partial charge on any atom is 0.262 e. The second-order valence-corrected chi connectivity index (χ2v) is 6.33. The molecule has 2 aromatic heterocycles.